The van der Waals surface area contributed by atoms with E-state index >= 15 is 0 Å². The topological polar surface area (TPSA) is 33.2 Å². The fourth-order valence-electron chi connectivity index (χ4n) is 3.75. The van der Waals surface area contributed by atoms with Gasteiger partial charge in [0.15, 0.2) is 0 Å². The molecule has 2 heterocycles. The number of rotatable bonds is 4. The number of nitrogens with zero attached hydrogens (tertiary/aromatic N) is 2. The molecule has 0 saturated carbocycles. The molecule has 25 heavy (non-hydrogen) atoms. The van der Waals surface area contributed by atoms with Gasteiger partial charge < -0.3 is 4.79 Å². The first-order valence-electron chi connectivity index (χ1n) is 8.53. The largest absolute Gasteiger partial charge is 0.301 e. The Labute approximate surface area is 148 Å². The first-order valence-corrected chi connectivity index (χ1v) is 8.53. The van der Waals surface area contributed by atoms with Gasteiger partial charge >= 0.3 is 0 Å². The number of benzene rings is 2. The van der Waals surface area contributed by atoms with Crippen molar-refractivity contribution in [3.05, 3.63) is 89.2 Å². The van der Waals surface area contributed by atoms with Gasteiger partial charge in [0.2, 0.25) is 0 Å². The van der Waals surface area contributed by atoms with Crippen molar-refractivity contribution in [1.82, 2.24) is 9.88 Å². The smallest absolute Gasteiger partial charge is 0.141 e. The summed E-state index contributed by atoms with van der Waals surface area (Å²) in [6.07, 6.45) is 4.74. The number of aromatic nitrogens is 1. The maximum absolute atomic E-state index is 11.8. The third kappa shape index (κ3) is 2.99. The number of aryl methyl sites for hydroxylation is 1. The molecule has 124 valence electrons. The van der Waals surface area contributed by atoms with Crippen LogP contribution in [-0.2, 0) is 17.9 Å². The van der Waals surface area contributed by atoms with Gasteiger partial charge in [0, 0.05) is 31.0 Å². The monoisotopic (exact) mass is 328 g/mol. The molecule has 4 rings (SSSR count). The van der Waals surface area contributed by atoms with E-state index in [0.29, 0.717) is 0 Å². The number of pyridine rings is 1. The van der Waals surface area contributed by atoms with Gasteiger partial charge in [-0.3, -0.25) is 9.88 Å². The average Bonchev–Trinajstić information content (AvgIpc) is 3.01. The molecule has 3 heteroatoms. The molecule has 1 aliphatic heterocycles. The number of carbonyl (C=O) groups is 1. The van der Waals surface area contributed by atoms with E-state index in [4.69, 9.17) is 0 Å². The number of aldehydes is 1. The molecule has 0 N–H and O–H groups in total. The highest BCUT2D eigenvalue weighted by atomic mass is 16.1. The molecule has 1 unspecified atom stereocenters. The molecule has 0 fully saturated rings. The second-order valence-corrected chi connectivity index (χ2v) is 6.58. The highest BCUT2D eigenvalue weighted by Crippen LogP contribution is 2.38. The summed E-state index contributed by atoms with van der Waals surface area (Å²) in [7, 11) is 0. The SMILES string of the molecule is Cc1cc(-c2cccnc2)cc2c1C(C=O)N(Cc1ccccc1)C2. The minimum atomic E-state index is -0.168. The summed E-state index contributed by atoms with van der Waals surface area (Å²) in [5.41, 5.74) is 7.08. The van der Waals surface area contributed by atoms with Crippen LogP contribution >= 0.6 is 0 Å². The van der Waals surface area contributed by atoms with Gasteiger partial charge in [0.1, 0.15) is 6.29 Å². The molecule has 0 aliphatic carbocycles. The predicted molar refractivity (Wildman–Crippen MR) is 98.9 cm³/mol. The van der Waals surface area contributed by atoms with Crippen molar-refractivity contribution in [2.75, 3.05) is 0 Å². The molecule has 0 radical (unpaired) electrons. The lowest BCUT2D eigenvalue weighted by atomic mass is 9.94. The second kappa shape index (κ2) is 6.61. The van der Waals surface area contributed by atoms with E-state index in [1.165, 1.54) is 22.3 Å². The van der Waals surface area contributed by atoms with E-state index in [2.05, 4.69) is 47.1 Å². The Kier molecular flexibility index (Phi) is 4.16. The summed E-state index contributed by atoms with van der Waals surface area (Å²) < 4.78 is 0. The Bertz CT molecular complexity index is 891. The van der Waals surface area contributed by atoms with Gasteiger partial charge in [0.25, 0.3) is 0 Å². The van der Waals surface area contributed by atoms with Gasteiger partial charge in [-0.1, -0.05) is 42.5 Å². The van der Waals surface area contributed by atoms with Crippen LogP contribution in [-0.4, -0.2) is 16.2 Å². The van der Waals surface area contributed by atoms with Crippen LogP contribution in [0.4, 0.5) is 0 Å². The fourth-order valence-corrected chi connectivity index (χ4v) is 3.75. The summed E-state index contributed by atoms with van der Waals surface area (Å²) in [6, 6.07) is 18.6. The summed E-state index contributed by atoms with van der Waals surface area (Å²) in [5.74, 6) is 0. The van der Waals surface area contributed by atoms with Crippen LogP contribution in [0, 0.1) is 6.92 Å². The average molecular weight is 328 g/mol. The molecular formula is C22H20N2O. The number of hydrogen-bond acceptors (Lipinski definition) is 3. The van der Waals surface area contributed by atoms with Crippen LogP contribution in [0.1, 0.15) is 28.3 Å². The highest BCUT2D eigenvalue weighted by Gasteiger charge is 2.31. The van der Waals surface area contributed by atoms with Gasteiger partial charge in [-0.25, -0.2) is 0 Å². The standard InChI is InChI=1S/C22H20N2O/c1-16-10-19(18-8-5-9-23-12-18)11-20-14-24(21(15-25)22(16)20)13-17-6-3-2-4-7-17/h2-12,15,21H,13-14H2,1H3. The Morgan fingerprint density at radius 3 is 2.68 bits per heavy atom. The lowest BCUT2D eigenvalue weighted by Gasteiger charge is -2.21. The molecule has 3 aromatic rings. The third-order valence-electron chi connectivity index (χ3n) is 4.89. The van der Waals surface area contributed by atoms with Gasteiger partial charge in [-0.05, 0) is 46.9 Å². The van der Waals surface area contributed by atoms with Crippen molar-refractivity contribution in [1.29, 1.82) is 0 Å². The molecule has 0 bridgehead atoms. The van der Waals surface area contributed by atoms with Gasteiger partial charge in [-0.2, -0.15) is 0 Å². The van der Waals surface area contributed by atoms with E-state index in [-0.39, 0.29) is 6.04 Å². The molecule has 1 aromatic heterocycles. The Morgan fingerprint density at radius 2 is 1.96 bits per heavy atom. The summed E-state index contributed by atoms with van der Waals surface area (Å²) in [4.78, 5) is 18.3. The van der Waals surface area contributed by atoms with Crippen LogP contribution < -0.4 is 0 Å². The zero-order valence-corrected chi connectivity index (χ0v) is 14.2. The Balaban J connectivity index is 1.70. The zero-order valence-electron chi connectivity index (χ0n) is 14.2. The molecule has 0 saturated heterocycles. The number of fused-ring (bicyclic) bond motifs is 1. The summed E-state index contributed by atoms with van der Waals surface area (Å²) >= 11 is 0. The normalized spacial score (nSPS) is 16.6. The molecule has 1 atom stereocenters. The predicted octanol–water partition coefficient (Wildman–Crippen LogP) is 4.31. The zero-order chi connectivity index (χ0) is 17.2. The van der Waals surface area contributed by atoms with Gasteiger partial charge in [-0.15, -0.1) is 0 Å². The Morgan fingerprint density at radius 1 is 1.12 bits per heavy atom. The van der Waals surface area contributed by atoms with Crippen molar-refractivity contribution in [2.45, 2.75) is 26.1 Å². The molecule has 0 spiro atoms. The molecule has 3 nitrogen and oxygen atoms in total. The van der Waals surface area contributed by atoms with Gasteiger partial charge in [0.05, 0.1) is 6.04 Å². The summed E-state index contributed by atoms with van der Waals surface area (Å²) in [5, 5.41) is 0. The number of hydrogen-bond donors (Lipinski definition) is 0. The lowest BCUT2D eigenvalue weighted by molar-refractivity contribution is -0.112. The quantitative estimate of drug-likeness (QED) is 0.669. The molecule has 0 amide bonds. The minimum absolute atomic E-state index is 0.168. The van der Waals surface area contributed by atoms with Crippen molar-refractivity contribution in [3.8, 4) is 11.1 Å². The maximum atomic E-state index is 11.8. The highest BCUT2D eigenvalue weighted by molar-refractivity contribution is 5.71. The van der Waals surface area contributed by atoms with E-state index < -0.39 is 0 Å². The molecular weight excluding hydrogens is 308 g/mol. The van der Waals surface area contributed by atoms with Crippen molar-refractivity contribution in [3.63, 3.8) is 0 Å². The second-order valence-electron chi connectivity index (χ2n) is 6.58. The van der Waals surface area contributed by atoms with Crippen LogP contribution in [0.5, 0.6) is 0 Å². The van der Waals surface area contributed by atoms with E-state index in [1.54, 1.807) is 6.20 Å². The van der Waals surface area contributed by atoms with Crippen LogP contribution in [0.3, 0.4) is 0 Å². The maximum Gasteiger partial charge on any atom is 0.141 e. The molecule has 1 aliphatic rings. The summed E-state index contributed by atoms with van der Waals surface area (Å²) in [6.45, 7) is 3.67. The molecule has 2 aromatic carbocycles. The lowest BCUT2D eigenvalue weighted by Crippen LogP contribution is -2.22. The van der Waals surface area contributed by atoms with Crippen LogP contribution in [0.15, 0.2) is 67.0 Å². The van der Waals surface area contributed by atoms with E-state index in [0.717, 1.165) is 30.5 Å². The number of carbonyl (C=O) groups excluding carboxylic acids is 1. The Hall–Kier alpha value is -2.78. The van der Waals surface area contributed by atoms with Crippen molar-refractivity contribution < 1.29 is 4.79 Å². The van der Waals surface area contributed by atoms with Crippen molar-refractivity contribution in [2.24, 2.45) is 0 Å². The fraction of sp³-hybridized carbons (Fsp3) is 0.182. The van der Waals surface area contributed by atoms with Crippen molar-refractivity contribution >= 4 is 6.29 Å². The van der Waals surface area contributed by atoms with E-state index in [1.807, 2.05) is 30.5 Å². The van der Waals surface area contributed by atoms with E-state index in [9.17, 15) is 4.79 Å². The first kappa shape index (κ1) is 15.7. The third-order valence-corrected chi connectivity index (χ3v) is 4.89. The first-order chi connectivity index (χ1) is 12.3. The van der Waals surface area contributed by atoms with Crippen LogP contribution in [0.2, 0.25) is 0 Å². The minimum Gasteiger partial charge on any atom is -0.301 e. The van der Waals surface area contributed by atoms with Crippen LogP contribution in [0.25, 0.3) is 11.1 Å².